The molecule has 1 aliphatic heterocycles. The Bertz CT molecular complexity index is 407. The summed E-state index contributed by atoms with van der Waals surface area (Å²) in [4.78, 5) is 2.56. The van der Waals surface area contributed by atoms with Gasteiger partial charge in [-0.2, -0.15) is 0 Å². The second-order valence-electron chi connectivity index (χ2n) is 6.66. The first-order valence-corrected chi connectivity index (χ1v) is 8.47. The minimum Gasteiger partial charge on any atom is -0.311 e. The molecule has 0 spiro atoms. The van der Waals surface area contributed by atoms with Gasteiger partial charge in [-0.05, 0) is 44.3 Å². The molecule has 1 fully saturated rings. The average molecular weight is 293 g/mol. The van der Waals surface area contributed by atoms with Crippen LogP contribution in [0.1, 0.15) is 52.1 Å². The molecule has 0 radical (unpaired) electrons. The van der Waals surface area contributed by atoms with E-state index in [1.54, 1.807) is 0 Å². The summed E-state index contributed by atoms with van der Waals surface area (Å²) in [6.45, 7) is 13.3. The number of piperidine rings is 1. The van der Waals surface area contributed by atoms with Crippen molar-refractivity contribution in [2.75, 3.05) is 26.2 Å². The van der Waals surface area contributed by atoms with Crippen molar-refractivity contribution in [3.8, 4) is 0 Å². The highest BCUT2D eigenvalue weighted by atomic mass is 15.4. The number of hydrogen-bond donors (Lipinski definition) is 1. The third-order valence-corrected chi connectivity index (χ3v) is 4.88. The van der Waals surface area contributed by atoms with Crippen LogP contribution >= 0.6 is 0 Å². The molecular weight excluding hydrogens is 262 g/mol. The predicted octanol–water partition coefficient (Wildman–Crippen LogP) is 2.29. The van der Waals surface area contributed by atoms with Crippen LogP contribution in [-0.4, -0.2) is 46.1 Å². The van der Waals surface area contributed by atoms with Crippen molar-refractivity contribution >= 4 is 0 Å². The van der Waals surface area contributed by atoms with Gasteiger partial charge in [-0.15, -0.1) is 5.10 Å². The zero-order chi connectivity index (χ0) is 15.1. The molecule has 21 heavy (non-hydrogen) atoms. The van der Waals surface area contributed by atoms with E-state index in [2.05, 4.69) is 47.5 Å². The van der Waals surface area contributed by atoms with Crippen molar-refractivity contribution in [2.45, 2.75) is 59.5 Å². The Labute approximate surface area is 129 Å². The summed E-state index contributed by atoms with van der Waals surface area (Å²) >= 11 is 0. The Balaban J connectivity index is 1.69. The fraction of sp³-hybridized carbons (Fsp3) is 0.875. The van der Waals surface area contributed by atoms with Crippen LogP contribution in [0.25, 0.3) is 0 Å². The number of nitrogens with zero attached hydrogens (tertiary/aromatic N) is 4. The zero-order valence-corrected chi connectivity index (χ0v) is 13.9. The maximum atomic E-state index is 4.22. The molecule has 120 valence electrons. The van der Waals surface area contributed by atoms with Crippen LogP contribution in [0.15, 0.2) is 6.20 Å². The Kier molecular flexibility index (Phi) is 6.18. The Hall–Kier alpha value is -0.940. The van der Waals surface area contributed by atoms with E-state index >= 15 is 0 Å². The van der Waals surface area contributed by atoms with Crippen molar-refractivity contribution < 1.29 is 0 Å². The van der Waals surface area contributed by atoms with E-state index in [1.165, 1.54) is 32.4 Å². The summed E-state index contributed by atoms with van der Waals surface area (Å²) in [7, 11) is 0. The maximum absolute atomic E-state index is 4.22. The predicted molar refractivity (Wildman–Crippen MR) is 86.1 cm³/mol. The minimum absolute atomic E-state index is 0.571. The van der Waals surface area contributed by atoms with Crippen LogP contribution in [-0.2, 0) is 13.1 Å². The smallest absolute Gasteiger partial charge is 0.0964 e. The van der Waals surface area contributed by atoms with Crippen molar-refractivity contribution in [1.82, 2.24) is 25.2 Å². The fourth-order valence-corrected chi connectivity index (χ4v) is 2.84. The quantitative estimate of drug-likeness (QED) is 0.747. The zero-order valence-electron chi connectivity index (χ0n) is 13.9. The molecule has 1 aliphatic rings. The normalized spacial score (nSPS) is 19.0. The van der Waals surface area contributed by atoms with E-state index < -0.39 is 0 Å². The van der Waals surface area contributed by atoms with E-state index in [-0.39, 0.29) is 0 Å². The van der Waals surface area contributed by atoms with Crippen LogP contribution in [0.3, 0.4) is 0 Å². The van der Waals surface area contributed by atoms with Gasteiger partial charge in [0.2, 0.25) is 0 Å². The number of likely N-dealkylation sites (tertiary alicyclic amines) is 1. The molecule has 2 rings (SSSR count). The number of nitrogens with one attached hydrogen (secondary N) is 1. The largest absolute Gasteiger partial charge is 0.311 e. The SMILES string of the molecule is CCCNCc1cn(CCN2CCC(C)(CC)CC2)nn1. The first-order valence-electron chi connectivity index (χ1n) is 8.47. The van der Waals surface area contributed by atoms with Gasteiger partial charge in [-0.1, -0.05) is 32.4 Å². The Morgan fingerprint density at radius 3 is 2.67 bits per heavy atom. The lowest BCUT2D eigenvalue weighted by atomic mass is 9.78. The average Bonchev–Trinajstić information content (AvgIpc) is 2.95. The molecule has 1 saturated heterocycles. The molecule has 1 N–H and O–H groups in total. The van der Waals surface area contributed by atoms with Crippen molar-refractivity contribution in [1.29, 1.82) is 0 Å². The van der Waals surface area contributed by atoms with E-state index in [0.717, 1.165) is 38.3 Å². The van der Waals surface area contributed by atoms with Crippen LogP contribution in [0, 0.1) is 5.41 Å². The monoisotopic (exact) mass is 293 g/mol. The van der Waals surface area contributed by atoms with E-state index in [0.29, 0.717) is 5.41 Å². The molecule has 0 bridgehead atoms. The van der Waals surface area contributed by atoms with Gasteiger partial charge in [0.25, 0.3) is 0 Å². The van der Waals surface area contributed by atoms with Gasteiger partial charge in [-0.25, -0.2) is 0 Å². The number of hydrogen-bond acceptors (Lipinski definition) is 4. The second-order valence-corrected chi connectivity index (χ2v) is 6.66. The summed E-state index contributed by atoms with van der Waals surface area (Å²) in [5.41, 5.74) is 1.61. The van der Waals surface area contributed by atoms with E-state index in [4.69, 9.17) is 0 Å². The highest BCUT2D eigenvalue weighted by Gasteiger charge is 2.27. The third-order valence-electron chi connectivity index (χ3n) is 4.88. The van der Waals surface area contributed by atoms with Crippen molar-refractivity contribution in [2.24, 2.45) is 5.41 Å². The summed E-state index contributed by atoms with van der Waals surface area (Å²) in [6, 6.07) is 0. The lowest BCUT2D eigenvalue weighted by molar-refractivity contribution is 0.111. The highest BCUT2D eigenvalue weighted by molar-refractivity contribution is 4.91. The van der Waals surface area contributed by atoms with Crippen LogP contribution in [0.4, 0.5) is 0 Å². The first-order chi connectivity index (χ1) is 10.1. The maximum Gasteiger partial charge on any atom is 0.0964 e. The molecule has 5 heteroatoms. The molecule has 1 aromatic rings. The van der Waals surface area contributed by atoms with Gasteiger partial charge in [0, 0.05) is 19.3 Å². The molecule has 0 saturated carbocycles. The van der Waals surface area contributed by atoms with Gasteiger partial charge in [0.15, 0.2) is 0 Å². The molecule has 0 amide bonds. The summed E-state index contributed by atoms with van der Waals surface area (Å²) in [5.74, 6) is 0. The lowest BCUT2D eigenvalue weighted by Crippen LogP contribution is -2.39. The molecule has 0 aromatic carbocycles. The minimum atomic E-state index is 0.571. The third kappa shape index (κ3) is 5.08. The molecule has 2 heterocycles. The Morgan fingerprint density at radius 2 is 2.00 bits per heavy atom. The second kappa shape index (κ2) is 7.90. The molecular formula is C16H31N5. The van der Waals surface area contributed by atoms with Gasteiger partial charge in [-0.3, -0.25) is 4.68 Å². The number of rotatable bonds is 8. The first kappa shape index (κ1) is 16.4. The van der Waals surface area contributed by atoms with Gasteiger partial charge < -0.3 is 10.2 Å². The Morgan fingerprint density at radius 1 is 1.24 bits per heavy atom. The lowest BCUT2D eigenvalue weighted by Gasteiger charge is -2.38. The molecule has 0 atom stereocenters. The fourth-order valence-electron chi connectivity index (χ4n) is 2.84. The van der Waals surface area contributed by atoms with Crippen LogP contribution < -0.4 is 5.32 Å². The highest BCUT2D eigenvalue weighted by Crippen LogP contribution is 2.33. The van der Waals surface area contributed by atoms with Crippen LogP contribution in [0.2, 0.25) is 0 Å². The van der Waals surface area contributed by atoms with Crippen molar-refractivity contribution in [3.05, 3.63) is 11.9 Å². The molecule has 0 unspecified atom stereocenters. The van der Waals surface area contributed by atoms with Gasteiger partial charge >= 0.3 is 0 Å². The molecule has 1 aromatic heterocycles. The number of aromatic nitrogens is 3. The standard InChI is InChI=1S/C16H31N5/c1-4-8-17-13-15-14-21(19-18-15)12-11-20-9-6-16(3,5-2)7-10-20/h14,17H,4-13H2,1-3H3. The van der Waals surface area contributed by atoms with Crippen molar-refractivity contribution in [3.63, 3.8) is 0 Å². The summed E-state index contributed by atoms with van der Waals surface area (Å²) in [5, 5.41) is 11.8. The van der Waals surface area contributed by atoms with Gasteiger partial charge in [0.05, 0.1) is 12.2 Å². The topological polar surface area (TPSA) is 46.0 Å². The summed E-state index contributed by atoms with van der Waals surface area (Å²) in [6.07, 6.45) is 7.18. The molecule has 5 nitrogen and oxygen atoms in total. The van der Waals surface area contributed by atoms with Crippen LogP contribution in [0.5, 0.6) is 0 Å². The summed E-state index contributed by atoms with van der Waals surface area (Å²) < 4.78 is 1.98. The molecule has 0 aliphatic carbocycles. The van der Waals surface area contributed by atoms with E-state index in [1.807, 2.05) is 4.68 Å². The van der Waals surface area contributed by atoms with Gasteiger partial charge in [0.1, 0.15) is 0 Å². The van der Waals surface area contributed by atoms with E-state index in [9.17, 15) is 0 Å².